The van der Waals surface area contributed by atoms with Crippen molar-refractivity contribution >= 4 is 33.4 Å². The second-order valence-corrected chi connectivity index (χ2v) is 6.87. The van der Waals surface area contributed by atoms with Crippen molar-refractivity contribution < 1.29 is 8.60 Å². The minimum atomic E-state index is -0.901. The quantitative estimate of drug-likeness (QED) is 0.794. The normalized spacial score (nSPS) is 14.7. The van der Waals surface area contributed by atoms with Crippen molar-refractivity contribution in [3.63, 3.8) is 0 Å². The summed E-state index contributed by atoms with van der Waals surface area (Å²) in [6.45, 7) is 3.73. The molecule has 1 aromatic carbocycles. The van der Waals surface area contributed by atoms with Crippen LogP contribution in [0.5, 0.6) is 0 Å². The molecule has 0 spiro atoms. The smallest absolute Gasteiger partial charge is 0.128 e. The summed E-state index contributed by atoms with van der Waals surface area (Å²) in [6.07, 6.45) is 2.29. The van der Waals surface area contributed by atoms with Crippen molar-refractivity contribution in [3.8, 4) is 0 Å². The van der Waals surface area contributed by atoms with Gasteiger partial charge in [0.05, 0.1) is 11.0 Å². The van der Waals surface area contributed by atoms with Crippen LogP contribution in [0.2, 0.25) is 0 Å². The van der Waals surface area contributed by atoms with Crippen LogP contribution in [-0.2, 0) is 17.2 Å². The van der Waals surface area contributed by atoms with Gasteiger partial charge >= 0.3 is 0 Å². The van der Waals surface area contributed by atoms with Gasteiger partial charge in [-0.2, -0.15) is 0 Å². The number of aromatic nitrogens is 2. The van der Waals surface area contributed by atoms with E-state index in [4.69, 9.17) is 11.6 Å². The Morgan fingerprint density at radius 3 is 2.80 bits per heavy atom. The van der Waals surface area contributed by atoms with E-state index in [2.05, 4.69) is 4.98 Å². The van der Waals surface area contributed by atoms with E-state index in [9.17, 15) is 8.60 Å². The highest BCUT2D eigenvalue weighted by Crippen LogP contribution is 2.25. The van der Waals surface area contributed by atoms with Gasteiger partial charge in [0.15, 0.2) is 0 Å². The van der Waals surface area contributed by atoms with Gasteiger partial charge in [-0.1, -0.05) is 0 Å². The molecular weight excluding hydrogens is 299 g/mol. The average molecular weight is 317 g/mol. The molecule has 20 heavy (non-hydrogen) atoms. The minimum absolute atomic E-state index is 0.0360. The van der Waals surface area contributed by atoms with Crippen molar-refractivity contribution in [3.05, 3.63) is 29.3 Å². The SMILES string of the molecule is Cc1cc2c(cc1F)nc(CCCl)n2C(C)CS(C)=O. The number of fused-ring (bicyclic) bond motifs is 1. The fourth-order valence-electron chi connectivity index (χ4n) is 2.44. The molecule has 0 saturated heterocycles. The second kappa shape index (κ2) is 6.22. The maximum Gasteiger partial charge on any atom is 0.128 e. The fourth-order valence-corrected chi connectivity index (χ4v) is 3.43. The Bertz CT molecular complexity index is 656. The molecule has 0 amide bonds. The average Bonchev–Trinajstić information content (AvgIpc) is 2.67. The zero-order chi connectivity index (χ0) is 14.9. The minimum Gasteiger partial charge on any atom is -0.324 e. The van der Waals surface area contributed by atoms with Crippen LogP contribution in [0.15, 0.2) is 12.1 Å². The van der Waals surface area contributed by atoms with Gasteiger partial charge in [-0.15, -0.1) is 11.6 Å². The predicted molar refractivity (Wildman–Crippen MR) is 82.5 cm³/mol. The van der Waals surface area contributed by atoms with Gasteiger partial charge in [0, 0.05) is 47.2 Å². The molecule has 0 aliphatic heterocycles. The number of hydrogen-bond acceptors (Lipinski definition) is 2. The van der Waals surface area contributed by atoms with Crippen LogP contribution in [0, 0.1) is 12.7 Å². The number of alkyl halides is 1. The molecule has 2 atom stereocenters. The number of halogens is 2. The lowest BCUT2D eigenvalue weighted by Crippen LogP contribution is -2.16. The first-order chi connectivity index (χ1) is 9.43. The summed E-state index contributed by atoms with van der Waals surface area (Å²) in [5, 5.41) is 0. The first kappa shape index (κ1) is 15.4. The Morgan fingerprint density at radius 2 is 2.20 bits per heavy atom. The van der Waals surface area contributed by atoms with Gasteiger partial charge in [0.2, 0.25) is 0 Å². The molecule has 2 aromatic rings. The van der Waals surface area contributed by atoms with E-state index < -0.39 is 10.8 Å². The number of aryl methyl sites for hydroxylation is 2. The summed E-state index contributed by atoms with van der Waals surface area (Å²) in [6, 6.07) is 3.29. The first-order valence-corrected chi connectivity index (χ1v) is 8.73. The predicted octanol–water partition coefficient (Wildman–Crippen LogP) is 3.20. The van der Waals surface area contributed by atoms with Crippen LogP contribution in [0.25, 0.3) is 11.0 Å². The number of benzene rings is 1. The Morgan fingerprint density at radius 1 is 1.50 bits per heavy atom. The molecule has 1 heterocycles. The molecule has 0 fully saturated rings. The second-order valence-electron chi connectivity index (χ2n) is 5.02. The molecule has 2 rings (SSSR count). The molecule has 0 aliphatic carbocycles. The van der Waals surface area contributed by atoms with Crippen molar-refractivity contribution in [1.29, 1.82) is 0 Å². The van der Waals surface area contributed by atoms with Crippen molar-refractivity contribution in [1.82, 2.24) is 9.55 Å². The third-order valence-electron chi connectivity index (χ3n) is 3.28. The summed E-state index contributed by atoms with van der Waals surface area (Å²) in [5.41, 5.74) is 2.09. The highest BCUT2D eigenvalue weighted by Gasteiger charge is 2.17. The molecule has 6 heteroatoms. The first-order valence-electron chi connectivity index (χ1n) is 6.47. The maximum atomic E-state index is 13.7. The summed E-state index contributed by atoms with van der Waals surface area (Å²) < 4.78 is 27.2. The van der Waals surface area contributed by atoms with Crippen LogP contribution in [-0.4, -0.2) is 31.6 Å². The van der Waals surface area contributed by atoms with Crippen molar-refractivity contribution in [2.45, 2.75) is 26.3 Å². The number of imidazole rings is 1. The Labute approximate surface area is 125 Å². The van der Waals surface area contributed by atoms with Gasteiger partial charge < -0.3 is 4.57 Å². The molecule has 0 saturated carbocycles. The highest BCUT2D eigenvalue weighted by atomic mass is 35.5. The standard InChI is InChI=1S/C14H18ClFN2OS/c1-9-6-13-12(7-11(9)16)17-14(4-5-15)18(13)10(2)8-20(3)19/h6-7,10H,4-5,8H2,1-3H3. The van der Waals surface area contributed by atoms with E-state index in [0.717, 1.165) is 11.3 Å². The highest BCUT2D eigenvalue weighted by molar-refractivity contribution is 7.84. The summed E-state index contributed by atoms with van der Waals surface area (Å²) >= 11 is 5.82. The molecule has 0 radical (unpaired) electrons. The Hall–Kier alpha value is -0.940. The molecule has 0 bridgehead atoms. The van der Waals surface area contributed by atoms with E-state index >= 15 is 0 Å². The van der Waals surface area contributed by atoms with E-state index in [1.54, 1.807) is 19.2 Å². The van der Waals surface area contributed by atoms with Gasteiger partial charge in [0.1, 0.15) is 11.6 Å². The van der Waals surface area contributed by atoms with E-state index in [0.29, 0.717) is 29.1 Å². The van der Waals surface area contributed by atoms with E-state index in [1.807, 2.05) is 11.5 Å². The number of rotatable bonds is 5. The Balaban J connectivity index is 2.61. The van der Waals surface area contributed by atoms with Crippen LogP contribution >= 0.6 is 11.6 Å². The molecule has 1 aromatic heterocycles. The third kappa shape index (κ3) is 3.04. The fraction of sp³-hybridized carbons (Fsp3) is 0.500. The summed E-state index contributed by atoms with van der Waals surface area (Å²) in [4.78, 5) is 4.47. The van der Waals surface area contributed by atoms with Gasteiger partial charge in [-0.3, -0.25) is 4.21 Å². The van der Waals surface area contributed by atoms with Crippen molar-refractivity contribution in [2.75, 3.05) is 17.9 Å². The lowest BCUT2D eigenvalue weighted by molar-refractivity contribution is 0.586. The zero-order valence-electron chi connectivity index (χ0n) is 11.8. The zero-order valence-corrected chi connectivity index (χ0v) is 13.4. The van der Waals surface area contributed by atoms with Crippen LogP contribution < -0.4 is 0 Å². The summed E-state index contributed by atoms with van der Waals surface area (Å²) in [7, 11) is -0.901. The van der Waals surface area contributed by atoms with Gasteiger partial charge in [-0.05, 0) is 25.5 Å². The topological polar surface area (TPSA) is 34.9 Å². The molecule has 3 nitrogen and oxygen atoms in total. The van der Waals surface area contributed by atoms with Crippen LogP contribution in [0.1, 0.15) is 24.4 Å². The lowest BCUT2D eigenvalue weighted by atomic mass is 10.2. The van der Waals surface area contributed by atoms with Gasteiger partial charge in [0.25, 0.3) is 0 Å². The van der Waals surface area contributed by atoms with Crippen molar-refractivity contribution in [2.24, 2.45) is 0 Å². The number of nitrogens with zero attached hydrogens (tertiary/aromatic N) is 2. The number of hydrogen-bond donors (Lipinski definition) is 0. The maximum absolute atomic E-state index is 13.7. The Kier molecular flexibility index (Phi) is 4.81. The monoisotopic (exact) mass is 316 g/mol. The molecule has 0 aliphatic rings. The van der Waals surface area contributed by atoms with Crippen LogP contribution in [0.3, 0.4) is 0 Å². The molecule has 0 N–H and O–H groups in total. The van der Waals surface area contributed by atoms with Gasteiger partial charge in [-0.25, -0.2) is 9.37 Å². The lowest BCUT2D eigenvalue weighted by Gasteiger charge is -2.16. The molecule has 2 unspecified atom stereocenters. The third-order valence-corrected chi connectivity index (χ3v) is 4.42. The van der Waals surface area contributed by atoms with E-state index in [1.165, 1.54) is 6.07 Å². The summed E-state index contributed by atoms with van der Waals surface area (Å²) in [5.74, 6) is 1.55. The van der Waals surface area contributed by atoms with E-state index in [-0.39, 0.29) is 11.9 Å². The molecule has 110 valence electrons. The molecular formula is C14H18ClFN2OS. The largest absolute Gasteiger partial charge is 0.324 e. The van der Waals surface area contributed by atoms with Crippen LogP contribution in [0.4, 0.5) is 4.39 Å².